The second-order valence-electron chi connectivity index (χ2n) is 3.70. The summed E-state index contributed by atoms with van der Waals surface area (Å²) in [5.41, 5.74) is 2.23. The van der Waals surface area contributed by atoms with Crippen molar-refractivity contribution in [2.45, 2.75) is 19.9 Å². The Morgan fingerprint density at radius 1 is 1.50 bits per heavy atom. The standard InChI is InChI=1S/C11H12N2O3/c1-7-3-2-4-8-10(7)13(11(16)12-8)6-5-9(14)15/h2-4H,5-6H2,1H3,(H,12,16)(H,14,15). The Hall–Kier alpha value is -2.04. The number of hydrogen-bond acceptors (Lipinski definition) is 2. The maximum absolute atomic E-state index is 11.6. The lowest BCUT2D eigenvalue weighted by molar-refractivity contribution is -0.137. The van der Waals surface area contributed by atoms with Gasteiger partial charge in [-0.1, -0.05) is 12.1 Å². The quantitative estimate of drug-likeness (QED) is 0.813. The van der Waals surface area contributed by atoms with Gasteiger partial charge in [0.15, 0.2) is 0 Å². The van der Waals surface area contributed by atoms with Crippen molar-refractivity contribution in [3.63, 3.8) is 0 Å². The molecule has 5 heteroatoms. The molecule has 1 aromatic heterocycles. The molecule has 84 valence electrons. The third-order valence-electron chi connectivity index (χ3n) is 2.54. The number of fused-ring (bicyclic) bond motifs is 1. The molecule has 1 aromatic carbocycles. The van der Waals surface area contributed by atoms with Crippen LogP contribution in [0.15, 0.2) is 23.0 Å². The highest BCUT2D eigenvalue weighted by molar-refractivity contribution is 5.79. The van der Waals surface area contributed by atoms with E-state index in [0.717, 1.165) is 16.6 Å². The monoisotopic (exact) mass is 220 g/mol. The third kappa shape index (κ3) is 1.71. The van der Waals surface area contributed by atoms with E-state index in [-0.39, 0.29) is 18.7 Å². The molecule has 0 aliphatic carbocycles. The zero-order valence-electron chi connectivity index (χ0n) is 8.86. The fourth-order valence-electron chi connectivity index (χ4n) is 1.82. The Morgan fingerprint density at radius 2 is 2.25 bits per heavy atom. The van der Waals surface area contributed by atoms with Crippen molar-refractivity contribution < 1.29 is 9.90 Å². The van der Waals surface area contributed by atoms with Crippen LogP contribution in [-0.2, 0) is 11.3 Å². The normalized spacial score (nSPS) is 10.8. The minimum Gasteiger partial charge on any atom is -0.481 e. The summed E-state index contributed by atoms with van der Waals surface area (Å²) in [6.45, 7) is 2.09. The minimum absolute atomic E-state index is 0.0544. The Bertz CT molecular complexity index is 595. The molecule has 2 N–H and O–H groups in total. The zero-order valence-corrected chi connectivity index (χ0v) is 8.86. The van der Waals surface area contributed by atoms with Crippen LogP contribution in [0.1, 0.15) is 12.0 Å². The molecule has 0 aliphatic rings. The molecule has 0 amide bonds. The largest absolute Gasteiger partial charge is 0.481 e. The molecule has 0 spiro atoms. The summed E-state index contributed by atoms with van der Waals surface area (Å²) in [5, 5.41) is 8.62. The van der Waals surface area contributed by atoms with Crippen LogP contribution in [-0.4, -0.2) is 20.6 Å². The van der Waals surface area contributed by atoms with Gasteiger partial charge in [-0.15, -0.1) is 0 Å². The van der Waals surface area contributed by atoms with E-state index in [0.29, 0.717) is 0 Å². The molecular weight excluding hydrogens is 208 g/mol. The first-order valence-electron chi connectivity index (χ1n) is 4.99. The number of carboxylic acids is 1. The van der Waals surface area contributed by atoms with Gasteiger partial charge in [0.25, 0.3) is 0 Å². The third-order valence-corrected chi connectivity index (χ3v) is 2.54. The summed E-state index contributed by atoms with van der Waals surface area (Å²) in [6, 6.07) is 5.56. The van der Waals surface area contributed by atoms with E-state index in [4.69, 9.17) is 5.11 Å². The van der Waals surface area contributed by atoms with Crippen molar-refractivity contribution in [1.82, 2.24) is 9.55 Å². The molecule has 5 nitrogen and oxygen atoms in total. The van der Waals surface area contributed by atoms with E-state index in [1.165, 1.54) is 4.57 Å². The van der Waals surface area contributed by atoms with Gasteiger partial charge in [0.05, 0.1) is 17.5 Å². The highest BCUT2D eigenvalue weighted by Gasteiger charge is 2.09. The van der Waals surface area contributed by atoms with Gasteiger partial charge in [0.1, 0.15) is 0 Å². The van der Waals surface area contributed by atoms with Gasteiger partial charge in [-0.25, -0.2) is 4.79 Å². The SMILES string of the molecule is Cc1cccc2[nH]c(=O)n(CCC(=O)O)c12. The van der Waals surface area contributed by atoms with E-state index in [9.17, 15) is 9.59 Å². The van der Waals surface area contributed by atoms with Crippen LogP contribution in [0.3, 0.4) is 0 Å². The molecule has 0 saturated heterocycles. The lowest BCUT2D eigenvalue weighted by Gasteiger charge is -2.02. The van der Waals surface area contributed by atoms with Crippen molar-refractivity contribution in [3.05, 3.63) is 34.2 Å². The second-order valence-corrected chi connectivity index (χ2v) is 3.70. The van der Waals surface area contributed by atoms with Crippen LogP contribution < -0.4 is 5.69 Å². The predicted octanol–water partition coefficient (Wildman–Crippen LogP) is 1.11. The summed E-state index contributed by atoms with van der Waals surface area (Å²) >= 11 is 0. The van der Waals surface area contributed by atoms with E-state index in [1.54, 1.807) is 6.07 Å². The van der Waals surface area contributed by atoms with Crippen LogP contribution in [0.25, 0.3) is 11.0 Å². The van der Waals surface area contributed by atoms with Crippen LogP contribution in [0, 0.1) is 6.92 Å². The highest BCUT2D eigenvalue weighted by Crippen LogP contribution is 2.14. The van der Waals surface area contributed by atoms with Gasteiger partial charge in [0.2, 0.25) is 0 Å². The van der Waals surface area contributed by atoms with Gasteiger partial charge < -0.3 is 10.1 Å². The number of carboxylic acid groups (broad SMARTS) is 1. The highest BCUT2D eigenvalue weighted by atomic mass is 16.4. The summed E-state index contributed by atoms with van der Waals surface area (Å²) < 4.78 is 1.47. The van der Waals surface area contributed by atoms with E-state index >= 15 is 0 Å². The number of imidazole rings is 1. The number of aromatic amines is 1. The maximum atomic E-state index is 11.6. The molecule has 1 heterocycles. The average molecular weight is 220 g/mol. The number of rotatable bonds is 3. The number of carbonyl (C=O) groups is 1. The fraction of sp³-hybridized carbons (Fsp3) is 0.273. The first kappa shape index (κ1) is 10.5. The maximum Gasteiger partial charge on any atom is 0.326 e. The lowest BCUT2D eigenvalue weighted by atomic mass is 10.2. The van der Waals surface area contributed by atoms with Crippen LogP contribution in [0.5, 0.6) is 0 Å². The van der Waals surface area contributed by atoms with Crippen molar-refractivity contribution in [2.75, 3.05) is 0 Å². The van der Waals surface area contributed by atoms with E-state index in [1.807, 2.05) is 19.1 Å². The molecule has 0 radical (unpaired) electrons. The summed E-state index contributed by atoms with van der Waals surface area (Å²) in [7, 11) is 0. The van der Waals surface area contributed by atoms with Gasteiger partial charge in [-0.2, -0.15) is 0 Å². The van der Waals surface area contributed by atoms with Crippen molar-refractivity contribution in [2.24, 2.45) is 0 Å². The minimum atomic E-state index is -0.908. The summed E-state index contributed by atoms with van der Waals surface area (Å²) in [4.78, 5) is 24.8. The number of H-pyrrole nitrogens is 1. The lowest BCUT2D eigenvalue weighted by Crippen LogP contribution is -2.18. The Kier molecular flexibility index (Phi) is 2.52. The molecular formula is C11H12N2O3. The van der Waals surface area contributed by atoms with Gasteiger partial charge >= 0.3 is 11.7 Å². The first-order chi connectivity index (χ1) is 7.59. The number of nitrogens with zero attached hydrogens (tertiary/aromatic N) is 1. The second kappa shape index (κ2) is 3.84. The van der Waals surface area contributed by atoms with Crippen LogP contribution >= 0.6 is 0 Å². The van der Waals surface area contributed by atoms with Crippen molar-refractivity contribution >= 4 is 17.0 Å². The summed E-state index contributed by atoms with van der Waals surface area (Å²) in [5.74, 6) is -0.908. The Balaban J connectivity index is 2.55. The number of para-hydroxylation sites is 1. The number of aromatic nitrogens is 2. The molecule has 2 aromatic rings. The number of benzene rings is 1. The number of aryl methyl sites for hydroxylation is 2. The first-order valence-corrected chi connectivity index (χ1v) is 4.99. The average Bonchev–Trinajstić information content (AvgIpc) is 2.52. The van der Waals surface area contributed by atoms with Crippen LogP contribution in [0.4, 0.5) is 0 Å². The van der Waals surface area contributed by atoms with Crippen LogP contribution in [0.2, 0.25) is 0 Å². The topological polar surface area (TPSA) is 75.1 Å². The molecule has 0 fully saturated rings. The zero-order chi connectivity index (χ0) is 11.7. The fourth-order valence-corrected chi connectivity index (χ4v) is 1.82. The van der Waals surface area contributed by atoms with E-state index < -0.39 is 5.97 Å². The molecule has 0 atom stereocenters. The Morgan fingerprint density at radius 3 is 2.94 bits per heavy atom. The van der Waals surface area contributed by atoms with Gasteiger partial charge in [-0.05, 0) is 18.6 Å². The van der Waals surface area contributed by atoms with Crippen molar-refractivity contribution in [3.8, 4) is 0 Å². The van der Waals surface area contributed by atoms with Gasteiger partial charge in [0, 0.05) is 6.54 Å². The molecule has 0 unspecified atom stereocenters. The van der Waals surface area contributed by atoms with E-state index in [2.05, 4.69) is 4.98 Å². The number of hydrogen-bond donors (Lipinski definition) is 2. The van der Waals surface area contributed by atoms with Crippen molar-refractivity contribution in [1.29, 1.82) is 0 Å². The molecule has 2 rings (SSSR count). The number of nitrogens with one attached hydrogen (secondary N) is 1. The van der Waals surface area contributed by atoms with Gasteiger partial charge in [-0.3, -0.25) is 9.36 Å². The molecule has 0 saturated carbocycles. The predicted molar refractivity (Wildman–Crippen MR) is 59.5 cm³/mol. The molecule has 16 heavy (non-hydrogen) atoms. The number of aliphatic carboxylic acids is 1. The summed E-state index contributed by atoms with van der Waals surface area (Å²) in [6.07, 6.45) is -0.0544. The molecule has 0 aliphatic heterocycles. The molecule has 0 bridgehead atoms. The Labute approximate surface area is 91.3 Å². The smallest absolute Gasteiger partial charge is 0.326 e.